The largest absolute Gasteiger partial charge is 0.489 e. The van der Waals surface area contributed by atoms with Gasteiger partial charge in [-0.05, 0) is 54.1 Å². The standard InChI is InChI=1S/C26H24N2O5/c29-24(20-6-8-22(9-7-20)26(31)32)27-14-16-28(17-15-27)25(30)21-10-12-23(13-11-21)33-18-19-4-2-1-3-5-19/h1-13H,14-18H2,(H,31,32). The van der Waals surface area contributed by atoms with Crippen molar-refractivity contribution in [1.82, 2.24) is 9.80 Å². The number of carbonyl (C=O) groups excluding carboxylic acids is 2. The summed E-state index contributed by atoms with van der Waals surface area (Å²) in [5, 5.41) is 8.99. The molecule has 0 atom stereocenters. The molecule has 7 heteroatoms. The van der Waals surface area contributed by atoms with E-state index >= 15 is 0 Å². The Morgan fingerprint density at radius 3 is 1.61 bits per heavy atom. The van der Waals surface area contributed by atoms with Crippen LogP contribution in [0.3, 0.4) is 0 Å². The molecule has 2 amide bonds. The second-order valence-electron chi connectivity index (χ2n) is 7.77. The van der Waals surface area contributed by atoms with Crippen molar-refractivity contribution in [1.29, 1.82) is 0 Å². The number of amides is 2. The van der Waals surface area contributed by atoms with Gasteiger partial charge in [-0.3, -0.25) is 9.59 Å². The molecule has 1 fully saturated rings. The molecule has 7 nitrogen and oxygen atoms in total. The van der Waals surface area contributed by atoms with Gasteiger partial charge in [-0.2, -0.15) is 0 Å². The van der Waals surface area contributed by atoms with E-state index in [9.17, 15) is 14.4 Å². The first kappa shape index (κ1) is 22.1. The number of benzene rings is 3. The summed E-state index contributed by atoms with van der Waals surface area (Å²) in [4.78, 5) is 39.9. The van der Waals surface area contributed by atoms with Crippen LogP contribution in [-0.2, 0) is 6.61 Å². The van der Waals surface area contributed by atoms with E-state index < -0.39 is 5.97 Å². The summed E-state index contributed by atoms with van der Waals surface area (Å²) in [6, 6.07) is 22.8. The van der Waals surface area contributed by atoms with Gasteiger partial charge in [-0.25, -0.2) is 4.79 Å². The summed E-state index contributed by atoms with van der Waals surface area (Å²) < 4.78 is 5.77. The summed E-state index contributed by atoms with van der Waals surface area (Å²) in [5.74, 6) is -0.585. The molecular formula is C26H24N2O5. The van der Waals surface area contributed by atoms with Crippen molar-refractivity contribution in [3.05, 3.63) is 101 Å². The van der Waals surface area contributed by atoms with Gasteiger partial charge < -0.3 is 19.6 Å². The predicted molar refractivity (Wildman–Crippen MR) is 122 cm³/mol. The number of hydrogen-bond donors (Lipinski definition) is 1. The van der Waals surface area contributed by atoms with Crippen LogP contribution >= 0.6 is 0 Å². The van der Waals surface area contributed by atoms with Gasteiger partial charge in [0.2, 0.25) is 0 Å². The van der Waals surface area contributed by atoms with Gasteiger partial charge in [0.1, 0.15) is 12.4 Å². The van der Waals surface area contributed by atoms with E-state index in [2.05, 4.69) is 0 Å². The van der Waals surface area contributed by atoms with Crippen LogP contribution in [0.5, 0.6) is 5.75 Å². The monoisotopic (exact) mass is 444 g/mol. The van der Waals surface area contributed by atoms with Crippen LogP contribution in [0.2, 0.25) is 0 Å². The molecule has 3 aromatic carbocycles. The second-order valence-corrected chi connectivity index (χ2v) is 7.77. The molecule has 1 heterocycles. The Kier molecular flexibility index (Phi) is 6.69. The van der Waals surface area contributed by atoms with Gasteiger partial charge in [-0.1, -0.05) is 30.3 Å². The second kappa shape index (κ2) is 9.99. The molecular weight excluding hydrogens is 420 g/mol. The minimum absolute atomic E-state index is 0.0810. The summed E-state index contributed by atoms with van der Waals surface area (Å²) >= 11 is 0. The molecule has 1 aliphatic rings. The van der Waals surface area contributed by atoms with Crippen LogP contribution in [0, 0.1) is 0 Å². The highest BCUT2D eigenvalue weighted by atomic mass is 16.5. The molecule has 168 valence electrons. The first-order valence-electron chi connectivity index (χ1n) is 10.7. The van der Waals surface area contributed by atoms with E-state index in [1.54, 1.807) is 34.1 Å². The van der Waals surface area contributed by atoms with Gasteiger partial charge in [0.25, 0.3) is 11.8 Å². The Morgan fingerprint density at radius 1 is 0.667 bits per heavy atom. The highest BCUT2D eigenvalue weighted by molar-refractivity contribution is 5.97. The van der Waals surface area contributed by atoms with E-state index in [0.717, 1.165) is 5.56 Å². The molecule has 1 aliphatic heterocycles. The third kappa shape index (κ3) is 5.38. The van der Waals surface area contributed by atoms with Crippen LogP contribution < -0.4 is 4.74 Å². The average molecular weight is 444 g/mol. The summed E-state index contributed by atoms with van der Waals surface area (Å²) in [7, 11) is 0. The molecule has 0 aromatic heterocycles. The predicted octanol–water partition coefficient (Wildman–Crippen LogP) is 3.56. The molecule has 0 saturated carbocycles. The first-order valence-corrected chi connectivity index (χ1v) is 10.7. The topological polar surface area (TPSA) is 87.2 Å². The lowest BCUT2D eigenvalue weighted by Crippen LogP contribution is -2.50. The zero-order valence-corrected chi connectivity index (χ0v) is 18.0. The van der Waals surface area contributed by atoms with E-state index in [-0.39, 0.29) is 17.4 Å². The number of piperazine rings is 1. The van der Waals surface area contributed by atoms with Crippen LogP contribution in [0.25, 0.3) is 0 Å². The fourth-order valence-corrected chi connectivity index (χ4v) is 3.67. The lowest BCUT2D eigenvalue weighted by Gasteiger charge is -2.35. The third-order valence-corrected chi connectivity index (χ3v) is 5.58. The maximum Gasteiger partial charge on any atom is 0.335 e. The van der Waals surface area contributed by atoms with Crippen molar-refractivity contribution >= 4 is 17.8 Å². The van der Waals surface area contributed by atoms with Crippen LogP contribution in [0.1, 0.15) is 36.6 Å². The Labute approximate surface area is 191 Å². The van der Waals surface area contributed by atoms with Gasteiger partial charge >= 0.3 is 5.97 Å². The lowest BCUT2D eigenvalue weighted by atomic mass is 10.1. The van der Waals surface area contributed by atoms with Gasteiger partial charge in [0, 0.05) is 37.3 Å². The number of carbonyl (C=O) groups is 3. The lowest BCUT2D eigenvalue weighted by molar-refractivity contribution is 0.0535. The number of ether oxygens (including phenoxy) is 1. The average Bonchev–Trinajstić information content (AvgIpc) is 2.87. The molecule has 33 heavy (non-hydrogen) atoms. The number of rotatable bonds is 6. The number of carboxylic acids is 1. The van der Waals surface area contributed by atoms with Crippen molar-refractivity contribution in [2.24, 2.45) is 0 Å². The summed E-state index contributed by atoms with van der Waals surface area (Å²) in [6.45, 7) is 2.17. The van der Waals surface area contributed by atoms with Crippen LogP contribution in [0.15, 0.2) is 78.9 Å². The molecule has 0 spiro atoms. The number of aromatic carboxylic acids is 1. The normalized spacial score (nSPS) is 13.5. The van der Waals surface area contributed by atoms with Crippen molar-refractivity contribution in [2.75, 3.05) is 26.2 Å². The van der Waals surface area contributed by atoms with Gasteiger partial charge in [-0.15, -0.1) is 0 Å². The zero-order valence-electron chi connectivity index (χ0n) is 18.0. The SMILES string of the molecule is O=C(O)c1ccc(C(=O)N2CCN(C(=O)c3ccc(OCc4ccccc4)cc3)CC2)cc1. The zero-order chi connectivity index (χ0) is 23.2. The molecule has 4 rings (SSSR count). The quantitative estimate of drug-likeness (QED) is 0.628. The highest BCUT2D eigenvalue weighted by Gasteiger charge is 2.25. The van der Waals surface area contributed by atoms with Crippen LogP contribution in [0.4, 0.5) is 0 Å². The van der Waals surface area contributed by atoms with Gasteiger partial charge in [0.15, 0.2) is 0 Å². The minimum Gasteiger partial charge on any atom is -0.489 e. The maximum absolute atomic E-state index is 12.9. The molecule has 0 unspecified atom stereocenters. The fraction of sp³-hybridized carbons (Fsp3) is 0.192. The fourth-order valence-electron chi connectivity index (χ4n) is 3.67. The number of hydrogen-bond acceptors (Lipinski definition) is 4. The maximum atomic E-state index is 12.9. The Hall–Kier alpha value is -4.13. The minimum atomic E-state index is -1.03. The Balaban J connectivity index is 1.29. The third-order valence-electron chi connectivity index (χ3n) is 5.58. The number of carboxylic acid groups (broad SMARTS) is 1. The van der Waals surface area contributed by atoms with Crippen molar-refractivity contribution in [3.63, 3.8) is 0 Å². The Morgan fingerprint density at radius 2 is 1.12 bits per heavy atom. The van der Waals surface area contributed by atoms with Gasteiger partial charge in [0.05, 0.1) is 5.56 Å². The first-order chi connectivity index (χ1) is 16.0. The molecule has 0 aliphatic carbocycles. The van der Waals surface area contributed by atoms with Crippen molar-refractivity contribution in [3.8, 4) is 5.75 Å². The molecule has 0 radical (unpaired) electrons. The Bertz CT molecular complexity index is 1120. The van der Waals surface area contributed by atoms with E-state index in [1.807, 2.05) is 30.3 Å². The molecule has 0 bridgehead atoms. The van der Waals surface area contributed by atoms with Crippen molar-refractivity contribution < 1.29 is 24.2 Å². The molecule has 3 aromatic rings. The summed E-state index contributed by atoms with van der Waals surface area (Å²) in [6.07, 6.45) is 0. The molecule has 1 N–H and O–H groups in total. The highest BCUT2D eigenvalue weighted by Crippen LogP contribution is 2.17. The number of nitrogens with zero attached hydrogens (tertiary/aromatic N) is 2. The summed E-state index contributed by atoms with van der Waals surface area (Å²) in [5.41, 5.74) is 2.22. The molecule has 1 saturated heterocycles. The van der Waals surface area contributed by atoms with Crippen molar-refractivity contribution in [2.45, 2.75) is 6.61 Å². The van der Waals surface area contributed by atoms with Crippen LogP contribution in [-0.4, -0.2) is 58.9 Å². The van der Waals surface area contributed by atoms with E-state index in [1.165, 1.54) is 24.3 Å². The van der Waals surface area contributed by atoms with E-state index in [0.29, 0.717) is 49.7 Å². The smallest absolute Gasteiger partial charge is 0.335 e. The van der Waals surface area contributed by atoms with E-state index in [4.69, 9.17) is 9.84 Å².